The van der Waals surface area contributed by atoms with Gasteiger partial charge in [0, 0.05) is 25.1 Å². The maximum absolute atomic E-state index is 9.99. The van der Waals surface area contributed by atoms with E-state index in [1.165, 1.54) is 12.8 Å². The van der Waals surface area contributed by atoms with Crippen molar-refractivity contribution in [1.29, 1.82) is 0 Å². The molecule has 0 bridgehead atoms. The largest absolute Gasteiger partial charge is 0.388 e. The minimum Gasteiger partial charge on any atom is -0.388 e. The van der Waals surface area contributed by atoms with Crippen molar-refractivity contribution in [3.05, 3.63) is 16.5 Å². The zero-order valence-electron chi connectivity index (χ0n) is 9.86. The van der Waals surface area contributed by atoms with E-state index in [0.717, 1.165) is 29.2 Å². The lowest BCUT2D eigenvalue weighted by Crippen LogP contribution is -2.30. The summed E-state index contributed by atoms with van der Waals surface area (Å²) >= 11 is 3.44. The molecule has 92 valence electrons. The van der Waals surface area contributed by atoms with Crippen molar-refractivity contribution in [1.82, 2.24) is 9.97 Å². The Morgan fingerprint density at radius 1 is 1.47 bits per heavy atom. The van der Waals surface area contributed by atoms with E-state index in [-0.39, 0.29) is 0 Å². The second kappa shape index (κ2) is 3.92. The third kappa shape index (κ3) is 2.45. The highest BCUT2D eigenvalue weighted by atomic mass is 79.9. The summed E-state index contributed by atoms with van der Waals surface area (Å²) in [6, 6.07) is 1.94. The summed E-state index contributed by atoms with van der Waals surface area (Å²) in [4.78, 5) is 11.2. The summed E-state index contributed by atoms with van der Waals surface area (Å²) in [5.41, 5.74) is -0.586. The van der Waals surface area contributed by atoms with E-state index in [1.54, 1.807) is 0 Å². The van der Waals surface area contributed by atoms with Crippen LogP contribution in [0.3, 0.4) is 0 Å². The molecule has 17 heavy (non-hydrogen) atoms. The Hall–Kier alpha value is -0.680. The number of nitrogens with zero attached hydrogens (tertiary/aromatic N) is 3. The topological polar surface area (TPSA) is 49.2 Å². The number of aliphatic hydroxyl groups is 1. The molecule has 1 aromatic heterocycles. The number of β-amino-alcohol motifs (C(OH)–C–C–N with tert-alkyl or cyclic N) is 1. The van der Waals surface area contributed by atoms with Crippen LogP contribution < -0.4 is 4.90 Å². The summed E-state index contributed by atoms with van der Waals surface area (Å²) in [7, 11) is 0. The Kier molecular flexibility index (Phi) is 2.63. The first-order valence-corrected chi connectivity index (χ1v) is 6.85. The molecule has 1 unspecified atom stereocenters. The van der Waals surface area contributed by atoms with Crippen molar-refractivity contribution < 1.29 is 5.11 Å². The van der Waals surface area contributed by atoms with Gasteiger partial charge in [0.2, 0.25) is 0 Å². The third-order valence-corrected chi connectivity index (χ3v) is 3.82. The summed E-state index contributed by atoms with van der Waals surface area (Å²) in [6.45, 7) is 3.39. The van der Waals surface area contributed by atoms with Crippen LogP contribution in [0.1, 0.15) is 37.9 Å². The summed E-state index contributed by atoms with van der Waals surface area (Å²) in [5, 5.41) is 9.99. The van der Waals surface area contributed by atoms with Crippen LogP contribution in [-0.4, -0.2) is 33.8 Å². The highest BCUT2D eigenvalue weighted by Gasteiger charge is 2.33. The van der Waals surface area contributed by atoms with Gasteiger partial charge in [0.25, 0.3) is 0 Å². The van der Waals surface area contributed by atoms with E-state index in [2.05, 4.69) is 30.8 Å². The SMILES string of the molecule is CC1(O)CCN(c2cc(Br)nc(C3CC3)n2)C1. The lowest BCUT2D eigenvalue weighted by atomic mass is 10.1. The average Bonchev–Trinajstić information content (AvgIpc) is 3.02. The van der Waals surface area contributed by atoms with Crippen LogP contribution in [0.2, 0.25) is 0 Å². The van der Waals surface area contributed by atoms with Crippen LogP contribution in [0.5, 0.6) is 0 Å². The number of rotatable bonds is 2. The Labute approximate surface area is 109 Å². The molecular weight excluding hydrogens is 282 g/mol. The van der Waals surface area contributed by atoms with E-state index in [1.807, 2.05) is 13.0 Å². The second-order valence-electron chi connectivity index (χ2n) is 5.35. The minimum absolute atomic E-state index is 0.550. The minimum atomic E-state index is -0.586. The van der Waals surface area contributed by atoms with Gasteiger partial charge in [-0.25, -0.2) is 9.97 Å². The molecule has 1 saturated carbocycles. The van der Waals surface area contributed by atoms with Crippen molar-refractivity contribution >= 4 is 21.7 Å². The molecule has 0 aromatic carbocycles. The van der Waals surface area contributed by atoms with Gasteiger partial charge in [-0.05, 0) is 42.1 Å². The number of hydrogen-bond acceptors (Lipinski definition) is 4. The molecule has 2 aliphatic rings. The standard InChI is InChI=1S/C12H16BrN3O/c1-12(17)4-5-16(7-12)10-6-9(13)14-11(15-10)8-2-3-8/h6,8,17H,2-5,7H2,1H3. The zero-order chi connectivity index (χ0) is 12.0. The Bertz CT molecular complexity index is 445. The van der Waals surface area contributed by atoms with Crippen molar-refractivity contribution in [2.75, 3.05) is 18.0 Å². The molecule has 0 amide bonds. The predicted octanol–water partition coefficient (Wildman–Crippen LogP) is 2.08. The Morgan fingerprint density at radius 2 is 2.24 bits per heavy atom. The smallest absolute Gasteiger partial charge is 0.135 e. The van der Waals surface area contributed by atoms with E-state index in [9.17, 15) is 5.11 Å². The van der Waals surface area contributed by atoms with Gasteiger partial charge in [-0.2, -0.15) is 0 Å². The van der Waals surface area contributed by atoms with Gasteiger partial charge in [-0.15, -0.1) is 0 Å². The number of aromatic nitrogens is 2. The molecule has 2 fully saturated rings. The van der Waals surface area contributed by atoms with E-state index in [4.69, 9.17) is 0 Å². The second-order valence-corrected chi connectivity index (χ2v) is 6.16. The molecule has 1 atom stereocenters. The monoisotopic (exact) mass is 297 g/mol. The van der Waals surface area contributed by atoms with Crippen molar-refractivity contribution in [3.8, 4) is 0 Å². The highest BCUT2D eigenvalue weighted by molar-refractivity contribution is 9.10. The van der Waals surface area contributed by atoms with E-state index in [0.29, 0.717) is 12.5 Å². The zero-order valence-corrected chi connectivity index (χ0v) is 11.4. The van der Waals surface area contributed by atoms with Gasteiger partial charge in [-0.1, -0.05) is 0 Å². The van der Waals surface area contributed by atoms with Crippen LogP contribution in [0.25, 0.3) is 0 Å². The van der Waals surface area contributed by atoms with Crippen molar-refractivity contribution in [3.63, 3.8) is 0 Å². The van der Waals surface area contributed by atoms with Crippen molar-refractivity contribution in [2.45, 2.75) is 37.7 Å². The molecule has 4 nitrogen and oxygen atoms in total. The van der Waals surface area contributed by atoms with Gasteiger partial charge < -0.3 is 10.0 Å². The van der Waals surface area contributed by atoms with E-state index >= 15 is 0 Å². The van der Waals surface area contributed by atoms with Gasteiger partial charge in [0.05, 0.1) is 5.60 Å². The fourth-order valence-corrected chi connectivity index (χ4v) is 2.64. The molecule has 1 N–H and O–H groups in total. The fraction of sp³-hybridized carbons (Fsp3) is 0.667. The first-order valence-electron chi connectivity index (χ1n) is 6.05. The first kappa shape index (κ1) is 11.4. The summed E-state index contributed by atoms with van der Waals surface area (Å²) in [6.07, 6.45) is 3.20. The molecule has 1 aliphatic heterocycles. The normalized spacial score (nSPS) is 28.8. The predicted molar refractivity (Wildman–Crippen MR) is 69.2 cm³/mol. The quantitative estimate of drug-likeness (QED) is 0.849. The first-order chi connectivity index (χ1) is 8.03. The van der Waals surface area contributed by atoms with Gasteiger partial charge in [0.1, 0.15) is 16.2 Å². The lowest BCUT2D eigenvalue weighted by Gasteiger charge is -2.20. The molecular formula is C12H16BrN3O. The van der Waals surface area contributed by atoms with Crippen LogP contribution in [0.15, 0.2) is 10.7 Å². The average molecular weight is 298 g/mol. The number of hydrogen-bond donors (Lipinski definition) is 1. The highest BCUT2D eigenvalue weighted by Crippen LogP contribution is 2.39. The molecule has 0 radical (unpaired) electrons. The molecule has 1 saturated heterocycles. The molecule has 5 heteroatoms. The lowest BCUT2D eigenvalue weighted by molar-refractivity contribution is 0.0839. The summed E-state index contributed by atoms with van der Waals surface area (Å²) < 4.78 is 0.843. The number of anilines is 1. The van der Waals surface area contributed by atoms with Crippen LogP contribution >= 0.6 is 15.9 Å². The maximum atomic E-state index is 9.99. The molecule has 1 aliphatic carbocycles. The molecule has 0 spiro atoms. The third-order valence-electron chi connectivity index (χ3n) is 3.42. The Balaban J connectivity index is 1.87. The molecule has 2 heterocycles. The maximum Gasteiger partial charge on any atom is 0.135 e. The van der Waals surface area contributed by atoms with Gasteiger partial charge in [0.15, 0.2) is 0 Å². The fourth-order valence-electron chi connectivity index (χ4n) is 2.25. The van der Waals surface area contributed by atoms with E-state index < -0.39 is 5.60 Å². The van der Waals surface area contributed by atoms with Crippen LogP contribution in [0.4, 0.5) is 5.82 Å². The molecule has 3 rings (SSSR count). The van der Waals surface area contributed by atoms with Gasteiger partial charge >= 0.3 is 0 Å². The van der Waals surface area contributed by atoms with Crippen molar-refractivity contribution in [2.24, 2.45) is 0 Å². The van der Waals surface area contributed by atoms with Crippen LogP contribution in [0, 0.1) is 0 Å². The van der Waals surface area contributed by atoms with Gasteiger partial charge in [-0.3, -0.25) is 0 Å². The number of halogens is 1. The Morgan fingerprint density at radius 3 is 2.82 bits per heavy atom. The summed E-state index contributed by atoms with van der Waals surface area (Å²) in [5.74, 6) is 2.43. The van der Waals surface area contributed by atoms with Crippen LogP contribution in [-0.2, 0) is 0 Å². The molecule has 1 aromatic rings.